The predicted octanol–water partition coefficient (Wildman–Crippen LogP) is 8.87. The van der Waals surface area contributed by atoms with E-state index in [2.05, 4.69) is 26.6 Å². The number of carbonyl (C=O) groups excluding carboxylic acids is 4. The van der Waals surface area contributed by atoms with Gasteiger partial charge in [-0.15, -0.1) is 11.8 Å². The molecule has 0 saturated carbocycles. The zero-order chi connectivity index (χ0) is 35.2. The summed E-state index contributed by atoms with van der Waals surface area (Å²) in [4.78, 5) is 54.7. The molecule has 12 heteroatoms. The van der Waals surface area contributed by atoms with Crippen LogP contribution in [0, 0.1) is 5.82 Å². The van der Waals surface area contributed by atoms with E-state index in [1.165, 1.54) is 36.0 Å². The number of ether oxygens (including phenoxy) is 1. The van der Waals surface area contributed by atoms with Gasteiger partial charge in [-0.2, -0.15) is 0 Å². The lowest BCUT2D eigenvalue weighted by atomic mass is 10.1. The summed E-state index contributed by atoms with van der Waals surface area (Å²) in [5, 5.41) is 5.20. The largest absolute Gasteiger partial charge is 0.457 e. The van der Waals surface area contributed by atoms with Gasteiger partial charge in [0.15, 0.2) is 0 Å². The Morgan fingerprint density at radius 2 is 1.56 bits per heavy atom. The summed E-state index contributed by atoms with van der Waals surface area (Å²) in [7, 11) is 0. The Morgan fingerprint density at radius 1 is 0.880 bits per heavy atom. The highest BCUT2D eigenvalue weighted by molar-refractivity contribution is 9.10. The number of hydrogen-bond donors (Lipinski definition) is 2. The van der Waals surface area contributed by atoms with Crippen molar-refractivity contribution in [1.82, 2.24) is 5.32 Å². The highest BCUT2D eigenvalue weighted by Gasteiger charge is 2.40. The van der Waals surface area contributed by atoms with Gasteiger partial charge in [-0.3, -0.25) is 19.2 Å². The summed E-state index contributed by atoms with van der Waals surface area (Å²) in [5.74, 6) is -1.74. The second kappa shape index (κ2) is 15.5. The van der Waals surface area contributed by atoms with Gasteiger partial charge in [0, 0.05) is 26.5 Å². The number of halogens is 3. The van der Waals surface area contributed by atoms with E-state index in [1.807, 2.05) is 0 Å². The van der Waals surface area contributed by atoms with Crippen molar-refractivity contribution >= 4 is 80.4 Å². The number of hydrogen-bond acceptors (Lipinski definition) is 6. The molecule has 1 fully saturated rings. The molecule has 5 aromatic rings. The average molecular weight is 771 g/mol. The van der Waals surface area contributed by atoms with E-state index >= 15 is 0 Å². The third-order valence-corrected chi connectivity index (χ3v) is 9.37. The number of imide groups is 1. The second-order valence-electron chi connectivity index (χ2n) is 11.0. The number of benzene rings is 5. The van der Waals surface area contributed by atoms with Crippen molar-refractivity contribution in [2.45, 2.75) is 16.6 Å². The van der Waals surface area contributed by atoms with E-state index in [-0.39, 0.29) is 29.5 Å². The smallest absolute Gasteiger partial charge is 0.272 e. The molecular formula is C38H26BrClFN3O5S. The monoisotopic (exact) mass is 769 g/mol. The van der Waals surface area contributed by atoms with E-state index in [4.69, 9.17) is 16.3 Å². The molecule has 0 radical (unpaired) electrons. The van der Waals surface area contributed by atoms with E-state index in [0.717, 1.165) is 15.4 Å². The fraction of sp³-hybridized carbons (Fsp3) is 0.0526. The molecule has 0 aromatic heterocycles. The highest BCUT2D eigenvalue weighted by Crippen LogP contribution is 2.36. The third-order valence-electron chi connectivity index (χ3n) is 7.41. The molecule has 1 saturated heterocycles. The van der Waals surface area contributed by atoms with Crippen LogP contribution in [-0.2, 0) is 14.4 Å². The molecular weight excluding hydrogens is 745 g/mol. The molecule has 1 atom stereocenters. The summed E-state index contributed by atoms with van der Waals surface area (Å²) >= 11 is 10.5. The molecule has 1 aliphatic heterocycles. The van der Waals surface area contributed by atoms with Crippen molar-refractivity contribution in [3.05, 3.63) is 153 Å². The maximum absolute atomic E-state index is 14.3. The predicted molar refractivity (Wildman–Crippen MR) is 196 cm³/mol. The van der Waals surface area contributed by atoms with Crippen LogP contribution in [0.15, 0.2) is 136 Å². The van der Waals surface area contributed by atoms with Gasteiger partial charge in [-0.1, -0.05) is 57.9 Å². The van der Waals surface area contributed by atoms with Crippen LogP contribution in [0.5, 0.6) is 11.5 Å². The number of nitrogens with zero attached hydrogens (tertiary/aromatic N) is 1. The first-order valence-electron chi connectivity index (χ1n) is 15.1. The Bertz CT molecular complexity index is 2110. The third kappa shape index (κ3) is 8.49. The Labute approximate surface area is 304 Å². The number of thioether (sulfide) groups is 1. The number of nitrogens with one attached hydrogen (secondary N) is 2. The molecule has 5 aromatic carbocycles. The molecule has 6 rings (SSSR count). The van der Waals surface area contributed by atoms with Gasteiger partial charge < -0.3 is 15.4 Å². The molecule has 0 aliphatic carbocycles. The minimum absolute atomic E-state index is 0.00866. The van der Waals surface area contributed by atoms with E-state index in [0.29, 0.717) is 38.4 Å². The van der Waals surface area contributed by atoms with Crippen molar-refractivity contribution in [3.63, 3.8) is 0 Å². The van der Waals surface area contributed by atoms with Crippen molar-refractivity contribution in [2.75, 3.05) is 10.2 Å². The minimum atomic E-state index is -0.788. The molecule has 1 heterocycles. The molecule has 1 unspecified atom stereocenters. The normalized spacial score (nSPS) is 14.4. The fourth-order valence-electron chi connectivity index (χ4n) is 5.00. The van der Waals surface area contributed by atoms with Gasteiger partial charge in [0.25, 0.3) is 11.8 Å². The SMILES string of the molecule is O=C(Nc1cccc(SC2CC(=O)N(c3ccc(Oc4ccc(Cl)cc4)cc3)C2=O)c1)/C(=C/c1ccc(Br)cc1)NC(=O)c1ccccc1F. The van der Waals surface area contributed by atoms with E-state index in [1.54, 1.807) is 97.1 Å². The quantitative estimate of drug-likeness (QED) is 0.109. The summed E-state index contributed by atoms with van der Waals surface area (Å²) in [6.45, 7) is 0. The Hall–Kier alpha value is -5.23. The number of carbonyl (C=O) groups is 4. The van der Waals surface area contributed by atoms with Crippen molar-refractivity contribution < 1.29 is 28.3 Å². The molecule has 2 N–H and O–H groups in total. The van der Waals surface area contributed by atoms with E-state index in [9.17, 15) is 23.6 Å². The van der Waals surface area contributed by atoms with E-state index < -0.39 is 22.9 Å². The van der Waals surface area contributed by atoms with Crippen LogP contribution in [0.1, 0.15) is 22.3 Å². The summed E-state index contributed by atoms with van der Waals surface area (Å²) in [6.07, 6.45) is 1.47. The van der Waals surface area contributed by atoms with Crippen LogP contribution in [0.4, 0.5) is 15.8 Å². The highest BCUT2D eigenvalue weighted by atomic mass is 79.9. The number of rotatable bonds is 10. The number of amides is 4. The summed E-state index contributed by atoms with van der Waals surface area (Å²) < 4.78 is 21.0. The lowest BCUT2D eigenvalue weighted by molar-refractivity contribution is -0.121. The molecule has 4 amide bonds. The maximum atomic E-state index is 14.3. The topological polar surface area (TPSA) is 105 Å². The summed E-state index contributed by atoms with van der Waals surface area (Å²) in [6, 6.07) is 32.9. The van der Waals surface area contributed by atoms with Crippen LogP contribution < -0.4 is 20.3 Å². The van der Waals surface area contributed by atoms with Gasteiger partial charge >= 0.3 is 0 Å². The van der Waals surface area contributed by atoms with Crippen molar-refractivity contribution in [1.29, 1.82) is 0 Å². The lowest BCUT2D eigenvalue weighted by Gasteiger charge is -2.16. The van der Waals surface area contributed by atoms with Crippen LogP contribution in [0.2, 0.25) is 5.02 Å². The van der Waals surface area contributed by atoms with Crippen LogP contribution in [0.3, 0.4) is 0 Å². The van der Waals surface area contributed by atoms with Gasteiger partial charge in [0.1, 0.15) is 23.0 Å². The molecule has 0 spiro atoms. The molecule has 1 aliphatic rings. The Morgan fingerprint density at radius 3 is 2.26 bits per heavy atom. The number of anilines is 2. The van der Waals surface area contributed by atoms with Gasteiger partial charge in [-0.25, -0.2) is 9.29 Å². The Kier molecular flexibility index (Phi) is 10.8. The second-order valence-corrected chi connectivity index (χ2v) is 13.6. The molecule has 50 heavy (non-hydrogen) atoms. The van der Waals surface area contributed by atoms with Crippen LogP contribution in [-0.4, -0.2) is 28.9 Å². The maximum Gasteiger partial charge on any atom is 0.272 e. The molecule has 8 nitrogen and oxygen atoms in total. The lowest BCUT2D eigenvalue weighted by Crippen LogP contribution is -2.31. The van der Waals surface area contributed by atoms with Gasteiger partial charge in [-0.05, 0) is 103 Å². The Balaban J connectivity index is 1.14. The first-order valence-corrected chi connectivity index (χ1v) is 17.2. The average Bonchev–Trinajstić information content (AvgIpc) is 3.38. The van der Waals surface area contributed by atoms with Gasteiger partial charge in [0.05, 0.1) is 16.5 Å². The van der Waals surface area contributed by atoms with Crippen LogP contribution in [0.25, 0.3) is 6.08 Å². The fourth-order valence-corrected chi connectivity index (χ4v) is 6.50. The van der Waals surface area contributed by atoms with Crippen molar-refractivity contribution in [2.24, 2.45) is 0 Å². The first kappa shape index (κ1) is 34.6. The zero-order valence-electron chi connectivity index (χ0n) is 25.9. The zero-order valence-corrected chi connectivity index (χ0v) is 29.1. The first-order chi connectivity index (χ1) is 24.1. The van der Waals surface area contributed by atoms with Gasteiger partial charge in [0.2, 0.25) is 11.8 Å². The minimum Gasteiger partial charge on any atom is -0.457 e. The summed E-state index contributed by atoms with van der Waals surface area (Å²) in [5.41, 5.74) is 1.10. The van der Waals surface area contributed by atoms with Crippen LogP contribution >= 0.6 is 39.3 Å². The molecule has 0 bridgehead atoms. The van der Waals surface area contributed by atoms with Crippen molar-refractivity contribution in [3.8, 4) is 11.5 Å². The molecule has 250 valence electrons. The standard InChI is InChI=1S/C38H26BrClFN3O5S/c39-24-10-8-23(9-11-24)20-33(43-36(46)31-6-1-2-7-32(31)41)37(47)42-26-4-3-5-30(21-26)50-34-22-35(45)44(38(34)48)27-14-18-29(19-15-27)49-28-16-12-25(40)13-17-28/h1-21,34H,22H2,(H,42,47)(H,43,46)/b33-20-.